The molecule has 5 heteroatoms. The summed E-state index contributed by atoms with van der Waals surface area (Å²) in [5, 5.41) is 6.24. The lowest BCUT2D eigenvalue weighted by Crippen LogP contribution is -2.37. The SMILES string of the molecule is CC1(C)CC2CC(C)(CN2C(=O)c2ccc(NC(=O)CNCC3CCCCC3)cc2)C1. The van der Waals surface area contributed by atoms with E-state index in [9.17, 15) is 9.59 Å². The summed E-state index contributed by atoms with van der Waals surface area (Å²) >= 11 is 0. The Morgan fingerprint density at radius 2 is 1.74 bits per heavy atom. The van der Waals surface area contributed by atoms with E-state index in [2.05, 4.69) is 36.3 Å². The van der Waals surface area contributed by atoms with Crippen LogP contribution in [0.25, 0.3) is 0 Å². The molecule has 2 aliphatic carbocycles. The number of fused-ring (bicyclic) bond motifs is 2. The zero-order chi connectivity index (χ0) is 22.1. The van der Waals surface area contributed by atoms with Gasteiger partial charge in [-0.25, -0.2) is 0 Å². The van der Waals surface area contributed by atoms with E-state index in [0.717, 1.165) is 31.6 Å². The highest BCUT2D eigenvalue weighted by molar-refractivity contribution is 5.96. The van der Waals surface area contributed by atoms with Crippen LogP contribution in [0.3, 0.4) is 0 Å². The van der Waals surface area contributed by atoms with Crippen molar-refractivity contribution in [3.63, 3.8) is 0 Å². The predicted molar refractivity (Wildman–Crippen MR) is 125 cm³/mol. The lowest BCUT2D eigenvalue weighted by molar-refractivity contribution is -0.115. The zero-order valence-corrected chi connectivity index (χ0v) is 19.5. The maximum absolute atomic E-state index is 13.2. The molecule has 1 aliphatic heterocycles. The van der Waals surface area contributed by atoms with Crippen molar-refractivity contribution in [2.24, 2.45) is 16.7 Å². The molecule has 2 unspecified atom stereocenters. The van der Waals surface area contributed by atoms with E-state index < -0.39 is 0 Å². The molecule has 3 fully saturated rings. The number of benzene rings is 1. The number of carbonyl (C=O) groups is 2. The Kier molecular flexibility index (Phi) is 6.43. The summed E-state index contributed by atoms with van der Waals surface area (Å²) in [5.74, 6) is 0.807. The van der Waals surface area contributed by atoms with E-state index in [1.807, 2.05) is 24.3 Å². The maximum Gasteiger partial charge on any atom is 0.254 e. The van der Waals surface area contributed by atoms with Gasteiger partial charge in [0.2, 0.25) is 5.91 Å². The van der Waals surface area contributed by atoms with Crippen molar-refractivity contribution >= 4 is 17.5 Å². The summed E-state index contributed by atoms with van der Waals surface area (Å²) in [5.41, 5.74) is 1.99. The van der Waals surface area contributed by atoms with Gasteiger partial charge >= 0.3 is 0 Å². The summed E-state index contributed by atoms with van der Waals surface area (Å²) in [6.45, 7) is 9.09. The number of anilines is 1. The summed E-state index contributed by atoms with van der Waals surface area (Å²) in [6.07, 6.45) is 9.92. The third-order valence-electron chi connectivity index (χ3n) is 7.53. The molecule has 2 atom stereocenters. The Hall–Kier alpha value is -1.88. The lowest BCUT2D eigenvalue weighted by atomic mass is 9.65. The highest BCUT2D eigenvalue weighted by atomic mass is 16.2. The van der Waals surface area contributed by atoms with Gasteiger partial charge in [0.1, 0.15) is 0 Å². The summed E-state index contributed by atoms with van der Waals surface area (Å²) < 4.78 is 0. The van der Waals surface area contributed by atoms with Gasteiger partial charge in [-0.15, -0.1) is 0 Å². The van der Waals surface area contributed by atoms with Gasteiger partial charge in [-0.3, -0.25) is 9.59 Å². The Bertz CT molecular complexity index is 797. The molecule has 1 aromatic carbocycles. The molecular weight excluding hydrogens is 386 g/mol. The van der Waals surface area contributed by atoms with E-state index in [1.54, 1.807) is 0 Å². The van der Waals surface area contributed by atoms with Gasteiger partial charge in [-0.2, -0.15) is 0 Å². The minimum absolute atomic E-state index is 0.0293. The lowest BCUT2D eigenvalue weighted by Gasteiger charge is -2.39. The van der Waals surface area contributed by atoms with Crippen LogP contribution in [-0.4, -0.2) is 42.4 Å². The Labute approximate surface area is 187 Å². The van der Waals surface area contributed by atoms with E-state index >= 15 is 0 Å². The van der Waals surface area contributed by atoms with E-state index in [4.69, 9.17) is 0 Å². The molecule has 170 valence electrons. The Balaban J connectivity index is 1.28. The molecule has 2 saturated carbocycles. The fourth-order valence-electron chi connectivity index (χ4n) is 6.55. The van der Waals surface area contributed by atoms with Crippen LogP contribution in [-0.2, 0) is 4.79 Å². The zero-order valence-electron chi connectivity index (χ0n) is 19.5. The van der Waals surface area contributed by atoms with Gasteiger partial charge in [-0.05, 0) is 79.7 Å². The predicted octanol–water partition coefficient (Wildman–Crippen LogP) is 4.84. The van der Waals surface area contributed by atoms with Crippen LogP contribution in [0.15, 0.2) is 24.3 Å². The molecule has 1 saturated heterocycles. The molecule has 3 aliphatic rings. The molecule has 0 aromatic heterocycles. The second kappa shape index (κ2) is 8.93. The number of hydrogen-bond donors (Lipinski definition) is 2. The average Bonchev–Trinajstić information content (AvgIpc) is 2.97. The number of hydrogen-bond acceptors (Lipinski definition) is 3. The second-order valence-electron chi connectivity index (χ2n) is 11.4. The Morgan fingerprint density at radius 1 is 1.03 bits per heavy atom. The van der Waals surface area contributed by atoms with E-state index in [-0.39, 0.29) is 17.2 Å². The van der Waals surface area contributed by atoms with Crippen molar-refractivity contribution in [3.05, 3.63) is 29.8 Å². The molecule has 2 bridgehead atoms. The van der Waals surface area contributed by atoms with Crippen molar-refractivity contribution in [1.29, 1.82) is 0 Å². The van der Waals surface area contributed by atoms with Crippen molar-refractivity contribution in [1.82, 2.24) is 10.2 Å². The number of nitrogens with zero attached hydrogens (tertiary/aromatic N) is 1. The molecule has 5 nitrogen and oxygen atoms in total. The molecular formula is C26H39N3O2. The van der Waals surface area contributed by atoms with Crippen LogP contribution in [0.2, 0.25) is 0 Å². The quantitative estimate of drug-likeness (QED) is 0.686. The molecule has 2 amide bonds. The molecule has 1 heterocycles. The van der Waals surface area contributed by atoms with Gasteiger partial charge in [0.15, 0.2) is 0 Å². The minimum Gasteiger partial charge on any atom is -0.335 e. The molecule has 1 aromatic rings. The fraction of sp³-hybridized carbons (Fsp3) is 0.692. The number of amides is 2. The smallest absolute Gasteiger partial charge is 0.254 e. The van der Waals surface area contributed by atoms with Crippen LogP contribution < -0.4 is 10.6 Å². The first-order valence-corrected chi connectivity index (χ1v) is 12.1. The normalized spacial score (nSPS) is 27.8. The van der Waals surface area contributed by atoms with Gasteiger partial charge in [-0.1, -0.05) is 40.0 Å². The molecule has 4 rings (SSSR count). The number of carbonyl (C=O) groups excluding carboxylic acids is 2. The standard InChI is InChI=1S/C26H39N3O2/c1-25(2)13-22-14-26(3,17-25)18-29(22)24(31)20-9-11-21(12-10-20)28-23(30)16-27-15-19-7-5-4-6-8-19/h9-12,19,22,27H,4-8,13-18H2,1-3H3,(H,28,30). The van der Waals surface area contributed by atoms with Gasteiger partial charge in [0.25, 0.3) is 5.91 Å². The number of likely N-dealkylation sites (tertiary alicyclic amines) is 1. The molecule has 2 N–H and O–H groups in total. The molecule has 0 spiro atoms. The van der Waals surface area contributed by atoms with Gasteiger partial charge in [0, 0.05) is 23.8 Å². The van der Waals surface area contributed by atoms with Crippen LogP contribution in [0.1, 0.15) is 82.5 Å². The van der Waals surface area contributed by atoms with Gasteiger partial charge < -0.3 is 15.5 Å². The molecule has 0 radical (unpaired) electrons. The van der Waals surface area contributed by atoms with Gasteiger partial charge in [0.05, 0.1) is 6.54 Å². The van der Waals surface area contributed by atoms with Crippen LogP contribution in [0, 0.1) is 16.7 Å². The first kappa shape index (κ1) is 22.3. The van der Waals surface area contributed by atoms with Crippen molar-refractivity contribution in [3.8, 4) is 0 Å². The van der Waals surface area contributed by atoms with Crippen LogP contribution >= 0.6 is 0 Å². The summed E-state index contributed by atoms with van der Waals surface area (Å²) in [4.78, 5) is 27.5. The van der Waals surface area contributed by atoms with Crippen molar-refractivity contribution < 1.29 is 9.59 Å². The summed E-state index contributed by atoms with van der Waals surface area (Å²) in [7, 11) is 0. The number of rotatable bonds is 6. The highest BCUT2D eigenvalue weighted by Gasteiger charge is 2.50. The van der Waals surface area contributed by atoms with E-state index in [1.165, 1.54) is 38.5 Å². The van der Waals surface area contributed by atoms with E-state index in [0.29, 0.717) is 29.5 Å². The van der Waals surface area contributed by atoms with Crippen molar-refractivity contribution in [2.45, 2.75) is 78.2 Å². The van der Waals surface area contributed by atoms with Crippen molar-refractivity contribution in [2.75, 3.05) is 25.0 Å². The van der Waals surface area contributed by atoms with Crippen LogP contribution in [0.4, 0.5) is 5.69 Å². The third-order valence-corrected chi connectivity index (χ3v) is 7.53. The third kappa shape index (κ3) is 5.49. The monoisotopic (exact) mass is 425 g/mol. The fourth-order valence-corrected chi connectivity index (χ4v) is 6.55. The maximum atomic E-state index is 13.2. The first-order chi connectivity index (χ1) is 14.7. The number of nitrogens with one attached hydrogen (secondary N) is 2. The minimum atomic E-state index is -0.0293. The largest absolute Gasteiger partial charge is 0.335 e. The Morgan fingerprint density at radius 3 is 2.45 bits per heavy atom. The first-order valence-electron chi connectivity index (χ1n) is 12.1. The average molecular weight is 426 g/mol. The topological polar surface area (TPSA) is 61.4 Å². The molecule has 31 heavy (non-hydrogen) atoms. The second-order valence-corrected chi connectivity index (χ2v) is 11.4. The highest BCUT2D eigenvalue weighted by Crippen LogP contribution is 2.52. The summed E-state index contributed by atoms with van der Waals surface area (Å²) in [6, 6.07) is 7.74. The van der Waals surface area contributed by atoms with Crippen LogP contribution in [0.5, 0.6) is 0 Å².